The Bertz CT molecular complexity index is 687. The second-order valence-electron chi connectivity index (χ2n) is 4.08. The molecule has 17 heavy (non-hydrogen) atoms. The van der Waals surface area contributed by atoms with E-state index in [9.17, 15) is 0 Å². The van der Waals surface area contributed by atoms with E-state index in [0.717, 1.165) is 38.7 Å². The molecule has 0 saturated heterocycles. The summed E-state index contributed by atoms with van der Waals surface area (Å²) in [4.78, 5) is 0. The quantitative estimate of drug-likeness (QED) is 0.747. The van der Waals surface area contributed by atoms with Crippen LogP contribution < -0.4 is 5.73 Å². The molecule has 0 saturated carbocycles. The van der Waals surface area contributed by atoms with E-state index in [4.69, 9.17) is 21.8 Å². The summed E-state index contributed by atoms with van der Waals surface area (Å²) in [5.41, 5.74) is 7.60. The third-order valence-corrected chi connectivity index (χ3v) is 3.34. The predicted molar refractivity (Wildman–Crippen MR) is 71.5 cm³/mol. The highest BCUT2D eigenvalue weighted by Crippen LogP contribution is 2.34. The summed E-state index contributed by atoms with van der Waals surface area (Å²) in [5.74, 6) is 0. The molecule has 0 amide bonds. The van der Waals surface area contributed by atoms with Gasteiger partial charge in [0.25, 0.3) is 0 Å². The van der Waals surface area contributed by atoms with Gasteiger partial charge in [-0.15, -0.1) is 0 Å². The molecule has 3 aromatic rings. The normalized spacial score (nSPS) is 11.4. The van der Waals surface area contributed by atoms with Crippen LogP contribution in [0.5, 0.6) is 0 Å². The number of hydrogen-bond acceptors (Lipinski definition) is 2. The number of hydrogen-bond donors (Lipinski definition) is 1. The van der Waals surface area contributed by atoms with Gasteiger partial charge in [0, 0.05) is 21.2 Å². The van der Waals surface area contributed by atoms with Gasteiger partial charge in [-0.05, 0) is 24.6 Å². The first kappa shape index (κ1) is 10.6. The highest BCUT2D eigenvalue weighted by Gasteiger charge is 2.11. The van der Waals surface area contributed by atoms with Gasteiger partial charge in [0.05, 0.1) is 6.26 Å². The Hall–Kier alpha value is -1.51. The first-order chi connectivity index (χ1) is 8.31. The molecule has 0 bridgehead atoms. The largest absolute Gasteiger partial charge is 0.463 e. The van der Waals surface area contributed by atoms with Crippen molar-refractivity contribution in [2.24, 2.45) is 5.73 Å². The summed E-state index contributed by atoms with van der Waals surface area (Å²) < 4.78 is 5.66. The topological polar surface area (TPSA) is 39.2 Å². The molecule has 0 unspecified atom stereocenters. The van der Waals surface area contributed by atoms with Gasteiger partial charge >= 0.3 is 0 Å². The van der Waals surface area contributed by atoms with E-state index in [0.29, 0.717) is 6.54 Å². The van der Waals surface area contributed by atoms with Crippen LogP contribution in [0.25, 0.3) is 21.7 Å². The second kappa shape index (κ2) is 4.06. The van der Waals surface area contributed by atoms with Crippen molar-refractivity contribution in [3.8, 4) is 0 Å². The predicted octanol–water partition coefficient (Wildman–Crippen LogP) is 3.74. The fourth-order valence-corrected chi connectivity index (χ4v) is 2.49. The van der Waals surface area contributed by atoms with Crippen LogP contribution >= 0.6 is 11.6 Å². The van der Waals surface area contributed by atoms with Crippen LogP contribution in [0.3, 0.4) is 0 Å². The van der Waals surface area contributed by atoms with Crippen molar-refractivity contribution in [1.82, 2.24) is 0 Å². The van der Waals surface area contributed by atoms with E-state index in [2.05, 4.69) is 0 Å². The minimum atomic E-state index is 0.610. The molecular weight excluding hydrogens is 234 g/mol. The average molecular weight is 246 g/mol. The Balaban J connectivity index is 2.42. The molecule has 0 radical (unpaired) electrons. The van der Waals surface area contributed by atoms with Crippen molar-refractivity contribution in [1.29, 1.82) is 0 Å². The Labute approximate surface area is 104 Å². The van der Waals surface area contributed by atoms with E-state index in [1.807, 2.05) is 30.3 Å². The number of benzene rings is 2. The van der Waals surface area contributed by atoms with Gasteiger partial charge in [-0.2, -0.15) is 0 Å². The van der Waals surface area contributed by atoms with Crippen LogP contribution in [0, 0.1) is 0 Å². The van der Waals surface area contributed by atoms with E-state index in [-0.39, 0.29) is 0 Å². The van der Waals surface area contributed by atoms with E-state index >= 15 is 0 Å². The van der Waals surface area contributed by atoms with Gasteiger partial charge in [-0.3, -0.25) is 0 Å². The van der Waals surface area contributed by atoms with Crippen LogP contribution in [0.15, 0.2) is 41.0 Å². The maximum absolute atomic E-state index is 6.29. The lowest BCUT2D eigenvalue weighted by Gasteiger charge is -2.02. The average Bonchev–Trinajstić information content (AvgIpc) is 2.74. The lowest BCUT2D eigenvalue weighted by Crippen LogP contribution is -2.01. The molecule has 86 valence electrons. The molecular formula is C14H12ClNO. The summed E-state index contributed by atoms with van der Waals surface area (Å²) in [6.07, 6.45) is 2.59. The fraction of sp³-hybridized carbons (Fsp3) is 0.143. The molecule has 2 aromatic carbocycles. The number of rotatable bonds is 2. The van der Waals surface area contributed by atoms with Crippen LogP contribution in [0.4, 0.5) is 0 Å². The van der Waals surface area contributed by atoms with Crippen molar-refractivity contribution in [2.75, 3.05) is 6.54 Å². The first-order valence-corrected chi connectivity index (χ1v) is 5.96. The summed E-state index contributed by atoms with van der Waals surface area (Å²) >= 11 is 6.29. The Kier molecular flexibility index (Phi) is 2.54. The molecule has 0 aliphatic carbocycles. The van der Waals surface area contributed by atoms with Crippen molar-refractivity contribution in [2.45, 2.75) is 6.42 Å². The van der Waals surface area contributed by atoms with Gasteiger partial charge in [-0.25, -0.2) is 0 Å². The van der Waals surface area contributed by atoms with E-state index in [1.54, 1.807) is 6.26 Å². The van der Waals surface area contributed by atoms with Gasteiger partial charge in [0.15, 0.2) is 0 Å². The van der Waals surface area contributed by atoms with Gasteiger partial charge in [0.2, 0.25) is 0 Å². The zero-order valence-electron chi connectivity index (χ0n) is 9.24. The maximum atomic E-state index is 6.29. The molecule has 3 rings (SSSR count). The molecule has 2 nitrogen and oxygen atoms in total. The molecule has 0 aliphatic heterocycles. The molecule has 0 fully saturated rings. The minimum absolute atomic E-state index is 0.610. The van der Waals surface area contributed by atoms with Gasteiger partial charge < -0.3 is 10.2 Å². The summed E-state index contributed by atoms with van der Waals surface area (Å²) in [7, 11) is 0. The van der Waals surface area contributed by atoms with Crippen molar-refractivity contribution in [3.63, 3.8) is 0 Å². The minimum Gasteiger partial charge on any atom is -0.463 e. The van der Waals surface area contributed by atoms with Crippen molar-refractivity contribution < 1.29 is 4.42 Å². The molecule has 0 aliphatic rings. The summed E-state index contributed by atoms with van der Waals surface area (Å²) in [6, 6.07) is 9.96. The Morgan fingerprint density at radius 3 is 2.65 bits per heavy atom. The maximum Gasteiger partial charge on any atom is 0.142 e. The third kappa shape index (κ3) is 1.61. The van der Waals surface area contributed by atoms with E-state index in [1.165, 1.54) is 0 Å². The zero-order chi connectivity index (χ0) is 11.8. The number of nitrogens with two attached hydrogens (primary N) is 1. The lowest BCUT2D eigenvalue weighted by atomic mass is 10.0. The molecule has 1 heterocycles. The molecule has 0 atom stereocenters. The lowest BCUT2D eigenvalue weighted by molar-refractivity contribution is 0.613. The highest BCUT2D eigenvalue weighted by molar-refractivity contribution is 6.37. The van der Waals surface area contributed by atoms with Crippen LogP contribution in [0.1, 0.15) is 5.56 Å². The smallest absolute Gasteiger partial charge is 0.142 e. The fourth-order valence-electron chi connectivity index (χ4n) is 2.21. The second-order valence-corrected chi connectivity index (χ2v) is 4.49. The SMILES string of the molecule is NCCc1coc2c1cc(Cl)c1ccccc12. The number of furan rings is 1. The number of fused-ring (bicyclic) bond motifs is 3. The van der Waals surface area contributed by atoms with Crippen LogP contribution in [-0.4, -0.2) is 6.54 Å². The summed E-state index contributed by atoms with van der Waals surface area (Å²) in [5, 5.41) is 3.90. The van der Waals surface area contributed by atoms with Crippen molar-refractivity contribution in [3.05, 3.63) is 47.2 Å². The molecule has 0 spiro atoms. The van der Waals surface area contributed by atoms with Crippen LogP contribution in [0.2, 0.25) is 5.02 Å². The zero-order valence-corrected chi connectivity index (χ0v) is 10.00. The number of halogens is 1. The van der Waals surface area contributed by atoms with Crippen LogP contribution in [-0.2, 0) is 6.42 Å². The van der Waals surface area contributed by atoms with Gasteiger partial charge in [-0.1, -0.05) is 35.9 Å². The highest BCUT2D eigenvalue weighted by atomic mass is 35.5. The molecule has 2 N–H and O–H groups in total. The summed E-state index contributed by atoms with van der Waals surface area (Å²) in [6.45, 7) is 0.610. The molecule has 1 aromatic heterocycles. The Morgan fingerprint density at radius 1 is 1.12 bits per heavy atom. The standard InChI is InChI=1S/C14H12ClNO/c15-13-7-12-9(5-6-16)8-17-14(12)11-4-2-1-3-10(11)13/h1-4,7-8H,5-6,16H2. The first-order valence-electron chi connectivity index (χ1n) is 5.58. The monoisotopic (exact) mass is 245 g/mol. The Morgan fingerprint density at radius 2 is 1.88 bits per heavy atom. The van der Waals surface area contributed by atoms with Gasteiger partial charge in [0.1, 0.15) is 5.58 Å². The van der Waals surface area contributed by atoms with E-state index < -0.39 is 0 Å². The van der Waals surface area contributed by atoms with Crippen molar-refractivity contribution >= 4 is 33.3 Å². The third-order valence-electron chi connectivity index (χ3n) is 3.02. The molecule has 3 heteroatoms.